The second-order valence-corrected chi connectivity index (χ2v) is 8.06. The number of thiocarbonyl (C=S) groups is 1. The van der Waals surface area contributed by atoms with Crippen LogP contribution in [0.15, 0.2) is 71.7 Å². The Labute approximate surface area is 185 Å². The molecule has 2 aromatic carbocycles. The molecule has 30 heavy (non-hydrogen) atoms. The summed E-state index contributed by atoms with van der Waals surface area (Å²) in [6.07, 6.45) is 5.68. The van der Waals surface area contributed by atoms with Crippen LogP contribution in [0, 0.1) is 0 Å². The van der Waals surface area contributed by atoms with Gasteiger partial charge in [0.15, 0.2) is 0 Å². The van der Waals surface area contributed by atoms with Crippen molar-refractivity contribution in [1.82, 2.24) is 4.90 Å². The molecule has 0 unspecified atom stereocenters. The molecule has 0 aliphatic carbocycles. The predicted molar refractivity (Wildman–Crippen MR) is 126 cm³/mol. The summed E-state index contributed by atoms with van der Waals surface area (Å²) in [4.78, 5) is 26.9. The minimum Gasteiger partial charge on any atom is -0.494 e. The van der Waals surface area contributed by atoms with Crippen LogP contribution < -0.4 is 10.1 Å². The van der Waals surface area contributed by atoms with E-state index in [9.17, 15) is 9.59 Å². The Hall–Kier alpha value is -2.90. The van der Waals surface area contributed by atoms with Crippen LogP contribution >= 0.6 is 24.0 Å². The van der Waals surface area contributed by atoms with E-state index in [4.69, 9.17) is 17.0 Å². The molecule has 0 saturated carbocycles. The molecule has 0 atom stereocenters. The average Bonchev–Trinajstić information content (AvgIpc) is 3.02. The lowest BCUT2D eigenvalue weighted by Gasteiger charge is -2.14. The van der Waals surface area contributed by atoms with Crippen molar-refractivity contribution < 1.29 is 14.3 Å². The highest BCUT2D eigenvalue weighted by Crippen LogP contribution is 2.31. The van der Waals surface area contributed by atoms with E-state index in [1.54, 1.807) is 30.3 Å². The molecule has 0 radical (unpaired) electrons. The van der Waals surface area contributed by atoms with Gasteiger partial charge in [-0.15, -0.1) is 0 Å². The van der Waals surface area contributed by atoms with Crippen LogP contribution in [-0.4, -0.2) is 34.2 Å². The highest BCUT2D eigenvalue weighted by atomic mass is 32.2. The fourth-order valence-corrected chi connectivity index (χ4v) is 4.02. The predicted octanol–water partition coefficient (Wildman–Crippen LogP) is 4.87. The molecule has 7 heteroatoms. The Bertz CT molecular complexity index is 970. The summed E-state index contributed by atoms with van der Waals surface area (Å²) in [5.41, 5.74) is 1.73. The molecule has 1 aliphatic rings. The first-order valence-corrected chi connectivity index (χ1v) is 10.8. The molecule has 0 spiro atoms. The maximum Gasteiger partial charge on any atom is 0.266 e. The number of allylic oxidation sites excluding steroid dienone is 2. The first kappa shape index (κ1) is 21.8. The number of thioether (sulfide) groups is 1. The number of anilines is 1. The van der Waals surface area contributed by atoms with Crippen LogP contribution in [0.3, 0.4) is 0 Å². The van der Waals surface area contributed by atoms with E-state index >= 15 is 0 Å². The summed E-state index contributed by atoms with van der Waals surface area (Å²) in [5, 5.41) is 2.82. The molecule has 2 aromatic rings. The van der Waals surface area contributed by atoms with Gasteiger partial charge in [-0.3, -0.25) is 14.5 Å². The summed E-state index contributed by atoms with van der Waals surface area (Å²) >= 11 is 6.57. The smallest absolute Gasteiger partial charge is 0.266 e. The van der Waals surface area contributed by atoms with Crippen molar-refractivity contribution in [3.63, 3.8) is 0 Å². The first-order valence-electron chi connectivity index (χ1n) is 9.56. The summed E-state index contributed by atoms with van der Waals surface area (Å²) in [5.74, 6) is 0.402. The summed E-state index contributed by atoms with van der Waals surface area (Å²) in [6.45, 7) is 2.75. The highest BCUT2D eigenvalue weighted by Gasteiger charge is 2.31. The number of benzene rings is 2. The second-order valence-electron chi connectivity index (χ2n) is 6.38. The van der Waals surface area contributed by atoms with Crippen LogP contribution in [0.4, 0.5) is 5.69 Å². The summed E-state index contributed by atoms with van der Waals surface area (Å²) < 4.78 is 5.85. The fraction of sp³-hybridized carbons (Fsp3) is 0.174. The molecule has 154 valence electrons. The molecular weight excluding hydrogens is 416 g/mol. The Morgan fingerprint density at radius 3 is 2.60 bits per heavy atom. The molecule has 1 N–H and O–H groups in total. The van der Waals surface area contributed by atoms with E-state index in [2.05, 4.69) is 5.32 Å². The van der Waals surface area contributed by atoms with Gasteiger partial charge < -0.3 is 10.1 Å². The van der Waals surface area contributed by atoms with Crippen molar-refractivity contribution in [2.75, 3.05) is 18.5 Å². The zero-order valence-electron chi connectivity index (χ0n) is 16.5. The Balaban J connectivity index is 1.52. The largest absolute Gasteiger partial charge is 0.494 e. The number of rotatable bonds is 8. The van der Waals surface area contributed by atoms with E-state index in [0.29, 0.717) is 21.5 Å². The van der Waals surface area contributed by atoms with E-state index in [-0.39, 0.29) is 24.8 Å². The second kappa shape index (κ2) is 10.8. The number of carbonyl (C=O) groups is 2. The van der Waals surface area contributed by atoms with Crippen LogP contribution in [0.1, 0.15) is 18.9 Å². The maximum absolute atomic E-state index is 12.6. The van der Waals surface area contributed by atoms with E-state index in [0.717, 1.165) is 11.3 Å². The van der Waals surface area contributed by atoms with Gasteiger partial charge in [-0.25, -0.2) is 0 Å². The van der Waals surface area contributed by atoms with E-state index in [1.165, 1.54) is 16.7 Å². The van der Waals surface area contributed by atoms with Crippen molar-refractivity contribution in [2.45, 2.75) is 13.3 Å². The lowest BCUT2D eigenvalue weighted by atomic mass is 10.2. The van der Waals surface area contributed by atoms with Gasteiger partial charge in [0, 0.05) is 18.7 Å². The molecule has 1 heterocycles. The topological polar surface area (TPSA) is 58.6 Å². The fourth-order valence-electron chi connectivity index (χ4n) is 2.76. The number of amides is 2. The number of nitrogens with zero attached hydrogens (tertiary/aromatic N) is 1. The first-order chi connectivity index (χ1) is 14.6. The Morgan fingerprint density at radius 2 is 1.90 bits per heavy atom. The molecular formula is C23H22N2O3S2. The average molecular weight is 439 g/mol. The Morgan fingerprint density at radius 1 is 1.17 bits per heavy atom. The Kier molecular flexibility index (Phi) is 7.82. The minimum absolute atomic E-state index is 0.160. The van der Waals surface area contributed by atoms with Crippen LogP contribution in [0.2, 0.25) is 0 Å². The monoisotopic (exact) mass is 438 g/mol. The zero-order valence-corrected chi connectivity index (χ0v) is 18.2. The lowest BCUT2D eigenvalue weighted by Crippen LogP contribution is -2.31. The number of hydrogen-bond acceptors (Lipinski definition) is 5. The quantitative estimate of drug-likeness (QED) is 0.471. The molecule has 1 fully saturated rings. The number of nitrogens with one attached hydrogen (secondary N) is 1. The van der Waals surface area contributed by atoms with Gasteiger partial charge in [0.25, 0.3) is 5.91 Å². The van der Waals surface area contributed by atoms with Crippen LogP contribution in [0.5, 0.6) is 5.75 Å². The van der Waals surface area contributed by atoms with Crippen molar-refractivity contribution in [3.05, 3.63) is 77.2 Å². The molecule has 0 bridgehead atoms. The van der Waals surface area contributed by atoms with Crippen LogP contribution in [0.25, 0.3) is 6.08 Å². The van der Waals surface area contributed by atoms with Crippen molar-refractivity contribution in [3.8, 4) is 5.75 Å². The number of ether oxygens (including phenoxy) is 1. The lowest BCUT2D eigenvalue weighted by molar-refractivity contribution is -0.122. The summed E-state index contributed by atoms with van der Waals surface area (Å²) in [7, 11) is 0. The van der Waals surface area contributed by atoms with Gasteiger partial charge in [0.2, 0.25) is 5.91 Å². The SMILES string of the molecule is CCOc1ccc(NC(=O)CCN2C(=O)C(=CC=Cc3ccccc3)SC2=S)cc1. The molecule has 2 amide bonds. The third kappa shape index (κ3) is 6.05. The molecule has 0 aromatic heterocycles. The van der Waals surface area contributed by atoms with Gasteiger partial charge in [0.05, 0.1) is 11.5 Å². The van der Waals surface area contributed by atoms with E-state index < -0.39 is 0 Å². The highest BCUT2D eigenvalue weighted by molar-refractivity contribution is 8.26. The van der Waals surface area contributed by atoms with Crippen molar-refractivity contribution in [1.29, 1.82) is 0 Å². The zero-order chi connectivity index (χ0) is 21.3. The number of hydrogen-bond donors (Lipinski definition) is 1. The van der Waals surface area contributed by atoms with Gasteiger partial charge in [-0.2, -0.15) is 0 Å². The minimum atomic E-state index is -0.179. The third-order valence-electron chi connectivity index (χ3n) is 4.22. The van der Waals surface area contributed by atoms with E-state index in [1.807, 2.05) is 49.4 Å². The van der Waals surface area contributed by atoms with Crippen molar-refractivity contribution in [2.24, 2.45) is 0 Å². The standard InChI is InChI=1S/C23H22N2O3S2/c1-2-28-19-13-11-18(12-14-19)24-21(26)15-16-25-22(27)20(30-23(25)29)10-6-9-17-7-4-3-5-8-17/h3-14H,2,15-16H2,1H3,(H,24,26). The van der Waals surface area contributed by atoms with Gasteiger partial charge in [0.1, 0.15) is 10.1 Å². The van der Waals surface area contributed by atoms with Gasteiger partial charge in [-0.05, 0) is 42.8 Å². The molecule has 1 aliphatic heterocycles. The van der Waals surface area contributed by atoms with Crippen LogP contribution in [-0.2, 0) is 9.59 Å². The molecule has 1 saturated heterocycles. The third-order valence-corrected chi connectivity index (χ3v) is 5.62. The normalized spacial score (nSPS) is 15.2. The van der Waals surface area contributed by atoms with Gasteiger partial charge >= 0.3 is 0 Å². The number of carbonyl (C=O) groups excluding carboxylic acids is 2. The summed E-state index contributed by atoms with van der Waals surface area (Å²) in [6, 6.07) is 17.0. The molecule has 3 rings (SSSR count). The van der Waals surface area contributed by atoms with Crippen molar-refractivity contribution >= 4 is 51.9 Å². The molecule has 5 nitrogen and oxygen atoms in total. The maximum atomic E-state index is 12.6. The van der Waals surface area contributed by atoms with Gasteiger partial charge in [-0.1, -0.05) is 66.5 Å².